The fraction of sp³-hybridized carbons (Fsp3) is 0.692. The quantitative estimate of drug-likeness (QED) is 0.837. The molecule has 4 nitrogen and oxygen atoms in total. The standard InChI is InChI=1S/C13H22N4/c1-13(2,3)11-8-16-12(17-9-11)15-7-10-4-5-14-6-10/h8-10,14H,4-7H2,1-3H3,(H,15,16,17). The van der Waals surface area contributed by atoms with Gasteiger partial charge in [0.15, 0.2) is 0 Å². The lowest BCUT2D eigenvalue weighted by molar-refractivity contribution is 0.583. The molecule has 1 aliphatic rings. The highest BCUT2D eigenvalue weighted by Crippen LogP contribution is 2.20. The van der Waals surface area contributed by atoms with E-state index >= 15 is 0 Å². The average Bonchev–Trinajstić information content (AvgIpc) is 2.78. The molecule has 0 spiro atoms. The second-order valence-electron chi connectivity index (χ2n) is 5.79. The van der Waals surface area contributed by atoms with E-state index in [4.69, 9.17) is 0 Å². The van der Waals surface area contributed by atoms with Crippen molar-refractivity contribution in [2.24, 2.45) is 5.92 Å². The molecule has 0 aliphatic carbocycles. The van der Waals surface area contributed by atoms with Gasteiger partial charge in [0, 0.05) is 18.9 Å². The van der Waals surface area contributed by atoms with Crippen molar-refractivity contribution >= 4 is 5.95 Å². The van der Waals surface area contributed by atoms with E-state index in [0.717, 1.165) is 25.6 Å². The zero-order valence-corrected chi connectivity index (χ0v) is 11.0. The third kappa shape index (κ3) is 3.40. The largest absolute Gasteiger partial charge is 0.354 e. The minimum absolute atomic E-state index is 0.119. The molecule has 0 bridgehead atoms. The number of anilines is 1. The first-order chi connectivity index (χ1) is 8.05. The van der Waals surface area contributed by atoms with Crippen molar-refractivity contribution in [1.82, 2.24) is 15.3 Å². The van der Waals surface area contributed by atoms with Gasteiger partial charge >= 0.3 is 0 Å². The molecule has 2 rings (SSSR count). The van der Waals surface area contributed by atoms with Crippen LogP contribution in [0.5, 0.6) is 0 Å². The van der Waals surface area contributed by atoms with Gasteiger partial charge in [0.1, 0.15) is 0 Å². The highest BCUT2D eigenvalue weighted by molar-refractivity contribution is 5.27. The molecule has 4 heteroatoms. The molecule has 1 aliphatic heterocycles. The van der Waals surface area contributed by atoms with Crippen LogP contribution in [-0.2, 0) is 5.41 Å². The van der Waals surface area contributed by atoms with Crippen LogP contribution >= 0.6 is 0 Å². The molecule has 2 N–H and O–H groups in total. The van der Waals surface area contributed by atoms with Crippen LogP contribution in [0, 0.1) is 5.92 Å². The smallest absolute Gasteiger partial charge is 0.222 e. The number of nitrogens with zero attached hydrogens (tertiary/aromatic N) is 2. The van der Waals surface area contributed by atoms with Crippen LogP contribution in [0.4, 0.5) is 5.95 Å². The first kappa shape index (κ1) is 12.3. The van der Waals surface area contributed by atoms with Crippen molar-refractivity contribution in [2.75, 3.05) is 25.0 Å². The molecule has 1 unspecified atom stereocenters. The molecule has 1 fully saturated rings. The first-order valence-electron chi connectivity index (χ1n) is 6.33. The number of nitrogens with one attached hydrogen (secondary N) is 2. The zero-order chi connectivity index (χ0) is 12.3. The zero-order valence-electron chi connectivity index (χ0n) is 11.0. The van der Waals surface area contributed by atoms with Gasteiger partial charge < -0.3 is 10.6 Å². The van der Waals surface area contributed by atoms with Crippen LogP contribution < -0.4 is 10.6 Å². The van der Waals surface area contributed by atoms with Crippen molar-refractivity contribution in [2.45, 2.75) is 32.6 Å². The normalized spacial score (nSPS) is 20.5. The second-order valence-corrected chi connectivity index (χ2v) is 5.79. The summed E-state index contributed by atoms with van der Waals surface area (Å²) < 4.78 is 0. The van der Waals surface area contributed by atoms with Gasteiger partial charge in [-0.1, -0.05) is 20.8 Å². The summed E-state index contributed by atoms with van der Waals surface area (Å²) in [5, 5.41) is 6.66. The number of rotatable bonds is 3. The van der Waals surface area contributed by atoms with Gasteiger partial charge in [0.25, 0.3) is 0 Å². The molecular formula is C13H22N4. The summed E-state index contributed by atoms with van der Waals surface area (Å²) in [6.07, 6.45) is 5.08. The van der Waals surface area contributed by atoms with E-state index < -0.39 is 0 Å². The summed E-state index contributed by atoms with van der Waals surface area (Å²) in [4.78, 5) is 8.73. The summed E-state index contributed by atoms with van der Waals surface area (Å²) in [5.41, 5.74) is 1.29. The third-order valence-corrected chi connectivity index (χ3v) is 3.23. The van der Waals surface area contributed by atoms with Crippen LogP contribution in [0.2, 0.25) is 0 Å². The fourth-order valence-electron chi connectivity index (χ4n) is 1.93. The van der Waals surface area contributed by atoms with Gasteiger partial charge in [-0.3, -0.25) is 0 Å². The molecule has 2 heterocycles. The Bertz CT molecular complexity index is 347. The highest BCUT2D eigenvalue weighted by Gasteiger charge is 2.16. The Hall–Kier alpha value is -1.16. The SMILES string of the molecule is CC(C)(C)c1cnc(NCC2CCNC2)nc1. The Morgan fingerprint density at radius 2 is 2.06 bits per heavy atom. The Labute approximate surface area is 103 Å². The van der Waals surface area contributed by atoms with E-state index in [1.165, 1.54) is 12.0 Å². The highest BCUT2D eigenvalue weighted by atomic mass is 15.1. The molecule has 0 aromatic carbocycles. The monoisotopic (exact) mass is 234 g/mol. The van der Waals surface area contributed by atoms with E-state index in [0.29, 0.717) is 5.92 Å². The van der Waals surface area contributed by atoms with Gasteiger partial charge in [0.2, 0.25) is 5.95 Å². The molecule has 0 amide bonds. The fourth-order valence-corrected chi connectivity index (χ4v) is 1.93. The maximum absolute atomic E-state index is 4.36. The average molecular weight is 234 g/mol. The minimum Gasteiger partial charge on any atom is -0.354 e. The molecule has 1 saturated heterocycles. The van der Waals surface area contributed by atoms with Gasteiger partial charge in [-0.25, -0.2) is 9.97 Å². The summed E-state index contributed by atoms with van der Waals surface area (Å²) in [6, 6.07) is 0. The molecule has 1 aromatic rings. The lowest BCUT2D eigenvalue weighted by Gasteiger charge is -2.18. The van der Waals surface area contributed by atoms with E-state index in [-0.39, 0.29) is 5.41 Å². The van der Waals surface area contributed by atoms with Crippen LogP contribution in [0.15, 0.2) is 12.4 Å². The van der Waals surface area contributed by atoms with E-state index in [2.05, 4.69) is 41.4 Å². The predicted molar refractivity (Wildman–Crippen MR) is 70.2 cm³/mol. The predicted octanol–water partition coefficient (Wildman–Crippen LogP) is 1.80. The Morgan fingerprint density at radius 3 is 2.59 bits per heavy atom. The summed E-state index contributed by atoms with van der Waals surface area (Å²) in [6.45, 7) is 9.71. The summed E-state index contributed by atoms with van der Waals surface area (Å²) in [7, 11) is 0. The van der Waals surface area contributed by atoms with E-state index in [1.807, 2.05) is 12.4 Å². The molecule has 94 valence electrons. The van der Waals surface area contributed by atoms with Crippen molar-refractivity contribution in [3.05, 3.63) is 18.0 Å². The van der Waals surface area contributed by atoms with Crippen molar-refractivity contribution in [3.8, 4) is 0 Å². The lowest BCUT2D eigenvalue weighted by Crippen LogP contribution is -2.19. The molecular weight excluding hydrogens is 212 g/mol. The lowest BCUT2D eigenvalue weighted by atomic mass is 9.89. The minimum atomic E-state index is 0.119. The number of aromatic nitrogens is 2. The maximum atomic E-state index is 4.36. The van der Waals surface area contributed by atoms with Gasteiger partial charge in [-0.05, 0) is 36.4 Å². The van der Waals surface area contributed by atoms with Crippen molar-refractivity contribution in [3.63, 3.8) is 0 Å². The Kier molecular flexibility index (Phi) is 3.62. The van der Waals surface area contributed by atoms with E-state index in [9.17, 15) is 0 Å². The maximum Gasteiger partial charge on any atom is 0.222 e. The van der Waals surface area contributed by atoms with Gasteiger partial charge in [-0.15, -0.1) is 0 Å². The van der Waals surface area contributed by atoms with Crippen LogP contribution in [0.1, 0.15) is 32.8 Å². The second kappa shape index (κ2) is 5.00. The molecule has 17 heavy (non-hydrogen) atoms. The van der Waals surface area contributed by atoms with E-state index in [1.54, 1.807) is 0 Å². The number of hydrogen-bond acceptors (Lipinski definition) is 4. The van der Waals surface area contributed by atoms with Crippen molar-refractivity contribution in [1.29, 1.82) is 0 Å². The third-order valence-electron chi connectivity index (χ3n) is 3.23. The molecule has 0 saturated carbocycles. The first-order valence-corrected chi connectivity index (χ1v) is 6.33. The van der Waals surface area contributed by atoms with Crippen LogP contribution in [0.25, 0.3) is 0 Å². The summed E-state index contributed by atoms with van der Waals surface area (Å²) >= 11 is 0. The van der Waals surface area contributed by atoms with Crippen LogP contribution in [0.3, 0.4) is 0 Å². The van der Waals surface area contributed by atoms with Gasteiger partial charge in [-0.2, -0.15) is 0 Å². The number of hydrogen-bond donors (Lipinski definition) is 2. The molecule has 1 aromatic heterocycles. The Balaban J connectivity index is 1.89. The molecule has 1 atom stereocenters. The van der Waals surface area contributed by atoms with Gasteiger partial charge in [0.05, 0.1) is 0 Å². The topological polar surface area (TPSA) is 49.8 Å². The van der Waals surface area contributed by atoms with Crippen LogP contribution in [-0.4, -0.2) is 29.6 Å². The molecule has 0 radical (unpaired) electrons. The Morgan fingerprint density at radius 1 is 1.35 bits per heavy atom. The van der Waals surface area contributed by atoms with Crippen molar-refractivity contribution < 1.29 is 0 Å². The summed E-state index contributed by atoms with van der Waals surface area (Å²) in [5.74, 6) is 1.45.